The van der Waals surface area contributed by atoms with Crippen molar-refractivity contribution in [1.82, 2.24) is 9.47 Å². The highest BCUT2D eigenvalue weighted by Crippen LogP contribution is 2.33. The molecule has 0 amide bonds. The summed E-state index contributed by atoms with van der Waals surface area (Å²) < 4.78 is 7.30. The highest BCUT2D eigenvalue weighted by molar-refractivity contribution is 6.43. The van der Waals surface area contributed by atoms with E-state index in [2.05, 4.69) is 9.80 Å². The summed E-state index contributed by atoms with van der Waals surface area (Å²) in [4.78, 5) is 30.5. The molecule has 2 aromatic carbocycles. The maximum atomic E-state index is 13.1. The van der Waals surface area contributed by atoms with Crippen LogP contribution in [0.15, 0.2) is 53.3 Å². The van der Waals surface area contributed by atoms with Crippen molar-refractivity contribution >= 4 is 45.7 Å². The van der Waals surface area contributed by atoms with Crippen LogP contribution in [0, 0.1) is 5.41 Å². The Morgan fingerprint density at radius 1 is 1.00 bits per heavy atom. The van der Waals surface area contributed by atoms with E-state index in [9.17, 15) is 9.59 Å². The standard InChI is InChI=1S/C29H35Cl2N3O3/c1-4-29(2,3)28(36)34-25-20-22(12-10-21(25)11-13-26(34)35)37-19-6-5-14-32-15-17-33(18-16-32)24-9-7-8-23(30)27(24)31/h7-13,20H,4-6,14-19H2,1-3H3. The van der Waals surface area contributed by atoms with E-state index in [0.29, 0.717) is 34.3 Å². The number of halogens is 2. The Labute approximate surface area is 228 Å². The Bertz CT molecular complexity index is 1310. The molecule has 1 saturated heterocycles. The minimum atomic E-state index is -0.624. The van der Waals surface area contributed by atoms with E-state index in [0.717, 1.165) is 56.6 Å². The number of pyridine rings is 1. The van der Waals surface area contributed by atoms with E-state index in [1.54, 1.807) is 12.1 Å². The van der Waals surface area contributed by atoms with Crippen molar-refractivity contribution in [3.63, 3.8) is 0 Å². The molecule has 1 aliphatic rings. The molecule has 0 bridgehead atoms. The first-order chi connectivity index (χ1) is 17.7. The number of hydrogen-bond acceptors (Lipinski definition) is 5. The van der Waals surface area contributed by atoms with E-state index < -0.39 is 5.41 Å². The lowest BCUT2D eigenvalue weighted by Gasteiger charge is -2.36. The van der Waals surface area contributed by atoms with E-state index in [1.807, 2.05) is 51.1 Å². The Morgan fingerprint density at radius 2 is 1.73 bits per heavy atom. The molecule has 0 spiro atoms. The first kappa shape index (κ1) is 27.5. The number of aromatic nitrogens is 1. The van der Waals surface area contributed by atoms with Gasteiger partial charge in [-0.05, 0) is 61.5 Å². The molecule has 1 aromatic heterocycles. The molecule has 0 saturated carbocycles. The SMILES string of the molecule is CCC(C)(C)C(=O)n1c(=O)ccc2ccc(OCCCCN3CCN(c4cccc(Cl)c4Cl)CC3)cc21. The van der Waals surface area contributed by atoms with Crippen LogP contribution < -0.4 is 15.2 Å². The number of benzene rings is 2. The number of rotatable bonds is 9. The van der Waals surface area contributed by atoms with Gasteiger partial charge in [0.15, 0.2) is 0 Å². The van der Waals surface area contributed by atoms with Crippen LogP contribution in [0.2, 0.25) is 10.0 Å². The maximum Gasteiger partial charge on any atom is 0.257 e. The van der Waals surface area contributed by atoms with Gasteiger partial charge in [0.25, 0.3) is 5.56 Å². The summed E-state index contributed by atoms with van der Waals surface area (Å²) in [6.45, 7) is 11.1. The summed E-state index contributed by atoms with van der Waals surface area (Å²) in [5.41, 5.74) is 0.659. The van der Waals surface area contributed by atoms with Gasteiger partial charge in [0.2, 0.25) is 5.91 Å². The van der Waals surface area contributed by atoms with Crippen LogP contribution >= 0.6 is 23.2 Å². The third-order valence-electron chi connectivity index (χ3n) is 7.32. The van der Waals surface area contributed by atoms with Gasteiger partial charge < -0.3 is 9.64 Å². The molecule has 0 unspecified atom stereocenters. The average molecular weight is 545 g/mol. The monoisotopic (exact) mass is 543 g/mol. The van der Waals surface area contributed by atoms with Crippen LogP contribution in [0.5, 0.6) is 5.75 Å². The summed E-state index contributed by atoms with van der Waals surface area (Å²) in [5, 5.41) is 2.05. The number of nitrogens with zero attached hydrogens (tertiary/aromatic N) is 3. The minimum Gasteiger partial charge on any atom is -0.494 e. The number of hydrogen-bond donors (Lipinski definition) is 0. The molecule has 0 N–H and O–H groups in total. The van der Waals surface area contributed by atoms with Crippen molar-refractivity contribution in [3.05, 3.63) is 68.9 Å². The lowest BCUT2D eigenvalue weighted by atomic mass is 9.89. The average Bonchev–Trinajstić information content (AvgIpc) is 2.90. The summed E-state index contributed by atoms with van der Waals surface area (Å²) in [7, 11) is 0. The molecule has 198 valence electrons. The minimum absolute atomic E-state index is 0.194. The Morgan fingerprint density at radius 3 is 2.46 bits per heavy atom. The number of piperazine rings is 1. The third-order valence-corrected chi connectivity index (χ3v) is 8.13. The Balaban J connectivity index is 1.28. The fourth-order valence-corrected chi connectivity index (χ4v) is 4.96. The largest absolute Gasteiger partial charge is 0.494 e. The number of carbonyl (C=O) groups excluding carboxylic acids is 1. The predicted molar refractivity (Wildman–Crippen MR) is 153 cm³/mol. The highest BCUT2D eigenvalue weighted by Gasteiger charge is 2.28. The zero-order valence-corrected chi connectivity index (χ0v) is 23.3. The highest BCUT2D eigenvalue weighted by atomic mass is 35.5. The number of unbranched alkanes of at least 4 members (excludes halogenated alkanes) is 1. The fraction of sp³-hybridized carbons (Fsp3) is 0.448. The first-order valence-corrected chi connectivity index (χ1v) is 13.7. The molecule has 2 heterocycles. The summed E-state index contributed by atoms with van der Waals surface area (Å²) in [6, 6.07) is 14.6. The fourth-order valence-electron chi connectivity index (χ4n) is 4.54. The van der Waals surface area contributed by atoms with E-state index in [-0.39, 0.29) is 11.5 Å². The summed E-state index contributed by atoms with van der Waals surface area (Å²) in [6.07, 6.45) is 2.59. The molecule has 0 atom stereocenters. The van der Waals surface area contributed by atoms with Gasteiger partial charge in [-0.3, -0.25) is 14.5 Å². The van der Waals surface area contributed by atoms with Gasteiger partial charge in [-0.2, -0.15) is 0 Å². The van der Waals surface area contributed by atoms with Crippen LogP contribution in [0.3, 0.4) is 0 Å². The lowest BCUT2D eigenvalue weighted by Crippen LogP contribution is -2.46. The van der Waals surface area contributed by atoms with Gasteiger partial charge in [-0.1, -0.05) is 50.0 Å². The quantitative estimate of drug-likeness (QED) is 0.293. The van der Waals surface area contributed by atoms with Gasteiger partial charge in [-0.15, -0.1) is 0 Å². The smallest absolute Gasteiger partial charge is 0.257 e. The molecule has 8 heteroatoms. The maximum absolute atomic E-state index is 13.1. The van der Waals surface area contributed by atoms with Crippen molar-refractivity contribution in [1.29, 1.82) is 0 Å². The molecule has 4 rings (SSSR count). The second-order valence-corrected chi connectivity index (χ2v) is 11.0. The molecule has 6 nitrogen and oxygen atoms in total. The molecular formula is C29H35Cl2N3O3. The van der Waals surface area contributed by atoms with Crippen LogP contribution in [-0.2, 0) is 0 Å². The van der Waals surface area contributed by atoms with Gasteiger partial charge in [0, 0.05) is 43.7 Å². The van der Waals surface area contributed by atoms with Crippen LogP contribution in [0.25, 0.3) is 10.9 Å². The zero-order valence-electron chi connectivity index (χ0n) is 21.8. The molecule has 1 fully saturated rings. The van der Waals surface area contributed by atoms with Crippen LogP contribution in [0.4, 0.5) is 5.69 Å². The second kappa shape index (κ2) is 11.9. The normalized spacial score (nSPS) is 14.8. The Kier molecular flexibility index (Phi) is 8.83. The van der Waals surface area contributed by atoms with Gasteiger partial charge in [0.1, 0.15) is 5.75 Å². The molecular weight excluding hydrogens is 509 g/mol. The third kappa shape index (κ3) is 6.31. The Hall–Kier alpha value is -2.54. The summed E-state index contributed by atoms with van der Waals surface area (Å²) >= 11 is 12.6. The number of fused-ring (bicyclic) bond motifs is 1. The summed E-state index contributed by atoms with van der Waals surface area (Å²) in [5.74, 6) is 0.474. The molecule has 0 radical (unpaired) electrons. The van der Waals surface area contributed by atoms with Crippen molar-refractivity contribution in [2.45, 2.75) is 40.0 Å². The van der Waals surface area contributed by atoms with Gasteiger partial charge in [0.05, 0.1) is 27.9 Å². The van der Waals surface area contributed by atoms with Crippen LogP contribution in [-0.4, -0.2) is 54.7 Å². The lowest BCUT2D eigenvalue weighted by molar-refractivity contribution is 0.0741. The van der Waals surface area contributed by atoms with Gasteiger partial charge >= 0.3 is 0 Å². The van der Waals surface area contributed by atoms with Crippen molar-refractivity contribution in [2.24, 2.45) is 5.41 Å². The predicted octanol–water partition coefficient (Wildman–Crippen LogP) is 6.37. The molecule has 0 aliphatic carbocycles. The number of ether oxygens (including phenoxy) is 1. The zero-order chi connectivity index (χ0) is 26.6. The van der Waals surface area contributed by atoms with Crippen molar-refractivity contribution in [3.8, 4) is 5.75 Å². The number of anilines is 1. The molecule has 3 aromatic rings. The molecule has 1 aliphatic heterocycles. The van der Waals surface area contributed by atoms with E-state index in [1.165, 1.54) is 10.6 Å². The van der Waals surface area contributed by atoms with Crippen molar-refractivity contribution < 1.29 is 9.53 Å². The van der Waals surface area contributed by atoms with E-state index in [4.69, 9.17) is 27.9 Å². The topological polar surface area (TPSA) is 54.8 Å². The van der Waals surface area contributed by atoms with Crippen molar-refractivity contribution in [2.75, 3.05) is 44.2 Å². The first-order valence-electron chi connectivity index (χ1n) is 13.0. The number of carbonyl (C=O) groups is 1. The van der Waals surface area contributed by atoms with Crippen LogP contribution in [0.1, 0.15) is 44.8 Å². The second-order valence-electron chi connectivity index (χ2n) is 10.2. The van der Waals surface area contributed by atoms with E-state index >= 15 is 0 Å². The molecule has 37 heavy (non-hydrogen) atoms. The van der Waals surface area contributed by atoms with Gasteiger partial charge in [-0.25, -0.2) is 4.57 Å².